The Balaban J connectivity index is 1.75. The van der Waals surface area contributed by atoms with Gasteiger partial charge in [-0.3, -0.25) is 4.79 Å². The fraction of sp³-hybridized carbons (Fsp3) is 0.615. The van der Waals surface area contributed by atoms with Gasteiger partial charge in [0, 0.05) is 32.6 Å². The van der Waals surface area contributed by atoms with Gasteiger partial charge < -0.3 is 10.2 Å². The molecule has 0 radical (unpaired) electrons. The first-order chi connectivity index (χ1) is 8.16. The van der Waals surface area contributed by atoms with E-state index in [1.807, 2.05) is 4.90 Å². The average Bonchev–Trinajstić information content (AvgIpc) is 2.73. The van der Waals surface area contributed by atoms with Crippen LogP contribution in [-0.2, 0) is 11.3 Å². The van der Waals surface area contributed by atoms with Crippen molar-refractivity contribution in [2.75, 3.05) is 13.1 Å². The normalized spacial score (nSPS) is 17.4. The molecule has 94 valence electrons. The summed E-state index contributed by atoms with van der Waals surface area (Å²) >= 11 is 1.76. The van der Waals surface area contributed by atoms with Gasteiger partial charge in [-0.15, -0.1) is 0 Å². The molecule has 0 atom stereocenters. The third-order valence-corrected chi connectivity index (χ3v) is 4.39. The molecule has 1 N–H and O–H groups in total. The molecule has 1 aliphatic heterocycles. The maximum atomic E-state index is 11.2. The second-order valence-electron chi connectivity index (χ2n) is 4.74. The largest absolute Gasteiger partial charge is 0.343 e. The van der Waals surface area contributed by atoms with Crippen LogP contribution in [0, 0.1) is 6.92 Å². The first-order valence-corrected chi connectivity index (χ1v) is 7.11. The lowest BCUT2D eigenvalue weighted by molar-refractivity contribution is -0.129. The Morgan fingerprint density at radius 3 is 2.71 bits per heavy atom. The van der Waals surface area contributed by atoms with Crippen LogP contribution in [0.4, 0.5) is 0 Å². The number of amides is 1. The number of aryl methyl sites for hydroxylation is 1. The summed E-state index contributed by atoms with van der Waals surface area (Å²) in [6.07, 6.45) is 2.14. The Kier molecular flexibility index (Phi) is 4.18. The molecular weight excluding hydrogens is 232 g/mol. The summed E-state index contributed by atoms with van der Waals surface area (Å²) in [5.41, 5.74) is 2.78. The lowest BCUT2D eigenvalue weighted by atomic mass is 10.0. The second kappa shape index (κ2) is 5.65. The van der Waals surface area contributed by atoms with Crippen molar-refractivity contribution in [2.45, 2.75) is 39.3 Å². The van der Waals surface area contributed by atoms with Crippen LogP contribution in [0.25, 0.3) is 0 Å². The molecule has 17 heavy (non-hydrogen) atoms. The summed E-state index contributed by atoms with van der Waals surface area (Å²) in [5, 5.41) is 8.00. The molecule has 4 heteroatoms. The SMILES string of the molecule is CC(=O)N1CCC(NCc2cscc2C)CC1. The summed E-state index contributed by atoms with van der Waals surface area (Å²) in [7, 11) is 0. The summed E-state index contributed by atoms with van der Waals surface area (Å²) in [6.45, 7) is 6.57. The van der Waals surface area contributed by atoms with Crippen molar-refractivity contribution in [2.24, 2.45) is 0 Å². The number of nitrogens with zero attached hydrogens (tertiary/aromatic N) is 1. The van der Waals surface area contributed by atoms with Crippen molar-refractivity contribution in [3.63, 3.8) is 0 Å². The van der Waals surface area contributed by atoms with Gasteiger partial charge in [-0.2, -0.15) is 11.3 Å². The predicted molar refractivity (Wildman–Crippen MR) is 71.2 cm³/mol. The molecule has 1 aromatic rings. The van der Waals surface area contributed by atoms with Gasteiger partial charge in [0.2, 0.25) is 5.91 Å². The van der Waals surface area contributed by atoms with E-state index in [1.165, 1.54) is 11.1 Å². The lowest BCUT2D eigenvalue weighted by Crippen LogP contribution is -2.43. The van der Waals surface area contributed by atoms with Crippen LogP contribution in [-0.4, -0.2) is 29.9 Å². The Labute approximate surface area is 107 Å². The molecule has 0 saturated carbocycles. The Bertz CT molecular complexity index is 381. The monoisotopic (exact) mass is 252 g/mol. The average molecular weight is 252 g/mol. The molecule has 1 fully saturated rings. The van der Waals surface area contributed by atoms with Crippen molar-refractivity contribution in [1.82, 2.24) is 10.2 Å². The van der Waals surface area contributed by atoms with E-state index in [-0.39, 0.29) is 5.91 Å². The zero-order valence-electron chi connectivity index (χ0n) is 10.5. The molecule has 1 aliphatic rings. The summed E-state index contributed by atoms with van der Waals surface area (Å²) < 4.78 is 0. The number of piperidine rings is 1. The zero-order chi connectivity index (χ0) is 12.3. The van der Waals surface area contributed by atoms with E-state index in [0.717, 1.165) is 32.5 Å². The molecule has 2 heterocycles. The van der Waals surface area contributed by atoms with Gasteiger partial charge in [0.15, 0.2) is 0 Å². The molecule has 0 unspecified atom stereocenters. The Morgan fingerprint density at radius 1 is 1.47 bits per heavy atom. The molecular formula is C13H20N2OS. The maximum absolute atomic E-state index is 11.2. The van der Waals surface area contributed by atoms with Crippen molar-refractivity contribution in [1.29, 1.82) is 0 Å². The van der Waals surface area contributed by atoms with Crippen LogP contribution >= 0.6 is 11.3 Å². The van der Waals surface area contributed by atoms with Gasteiger partial charge in [0.05, 0.1) is 0 Å². The summed E-state index contributed by atoms with van der Waals surface area (Å²) in [6, 6.07) is 0.560. The van der Waals surface area contributed by atoms with Crippen LogP contribution in [0.1, 0.15) is 30.9 Å². The maximum Gasteiger partial charge on any atom is 0.219 e. The minimum Gasteiger partial charge on any atom is -0.343 e. The number of nitrogens with one attached hydrogen (secondary N) is 1. The van der Waals surface area contributed by atoms with Crippen molar-refractivity contribution >= 4 is 17.2 Å². The molecule has 3 nitrogen and oxygen atoms in total. The summed E-state index contributed by atoms with van der Waals surface area (Å²) in [5.74, 6) is 0.206. The molecule has 1 saturated heterocycles. The number of hydrogen-bond acceptors (Lipinski definition) is 3. The topological polar surface area (TPSA) is 32.3 Å². The van der Waals surface area contributed by atoms with Gasteiger partial charge in [-0.25, -0.2) is 0 Å². The number of rotatable bonds is 3. The fourth-order valence-electron chi connectivity index (χ4n) is 2.22. The van der Waals surface area contributed by atoms with Crippen molar-refractivity contribution in [3.05, 3.63) is 21.9 Å². The van der Waals surface area contributed by atoms with Crippen molar-refractivity contribution < 1.29 is 4.79 Å². The van der Waals surface area contributed by atoms with Gasteiger partial charge in [0.25, 0.3) is 0 Å². The number of thiophene rings is 1. The third kappa shape index (κ3) is 3.30. The number of hydrogen-bond donors (Lipinski definition) is 1. The Morgan fingerprint density at radius 2 is 2.18 bits per heavy atom. The van der Waals surface area contributed by atoms with E-state index in [0.29, 0.717) is 6.04 Å². The van der Waals surface area contributed by atoms with E-state index in [4.69, 9.17) is 0 Å². The molecule has 0 bridgehead atoms. The van der Waals surface area contributed by atoms with Gasteiger partial charge >= 0.3 is 0 Å². The van der Waals surface area contributed by atoms with E-state index < -0.39 is 0 Å². The van der Waals surface area contributed by atoms with Crippen molar-refractivity contribution in [3.8, 4) is 0 Å². The highest BCUT2D eigenvalue weighted by atomic mass is 32.1. The summed E-state index contributed by atoms with van der Waals surface area (Å²) in [4.78, 5) is 13.1. The standard InChI is InChI=1S/C13H20N2OS/c1-10-8-17-9-12(10)7-14-13-3-5-15(6-4-13)11(2)16/h8-9,13-14H,3-7H2,1-2H3. The minimum atomic E-state index is 0.206. The quantitative estimate of drug-likeness (QED) is 0.894. The van der Waals surface area contributed by atoms with Crippen LogP contribution in [0.15, 0.2) is 10.8 Å². The van der Waals surface area contributed by atoms with E-state index in [9.17, 15) is 4.79 Å². The predicted octanol–water partition coefficient (Wildman–Crippen LogP) is 2.16. The van der Waals surface area contributed by atoms with Crippen LogP contribution in [0.5, 0.6) is 0 Å². The Hall–Kier alpha value is -0.870. The lowest BCUT2D eigenvalue weighted by Gasteiger charge is -2.31. The second-order valence-corrected chi connectivity index (χ2v) is 5.48. The third-order valence-electron chi connectivity index (χ3n) is 3.48. The highest BCUT2D eigenvalue weighted by Crippen LogP contribution is 2.15. The van der Waals surface area contributed by atoms with E-state index >= 15 is 0 Å². The zero-order valence-corrected chi connectivity index (χ0v) is 11.3. The molecule has 0 aromatic carbocycles. The highest BCUT2D eigenvalue weighted by molar-refractivity contribution is 7.08. The number of likely N-dealkylation sites (tertiary alicyclic amines) is 1. The van der Waals surface area contributed by atoms with Crippen LogP contribution in [0.2, 0.25) is 0 Å². The first-order valence-electron chi connectivity index (χ1n) is 6.17. The smallest absolute Gasteiger partial charge is 0.219 e. The van der Waals surface area contributed by atoms with Crippen LogP contribution < -0.4 is 5.32 Å². The number of carbonyl (C=O) groups is 1. The minimum absolute atomic E-state index is 0.206. The molecule has 0 aliphatic carbocycles. The molecule has 2 rings (SSSR count). The van der Waals surface area contributed by atoms with Gasteiger partial charge in [0.1, 0.15) is 0 Å². The molecule has 0 spiro atoms. The fourth-order valence-corrected chi connectivity index (χ4v) is 3.08. The molecule has 1 amide bonds. The van der Waals surface area contributed by atoms with Crippen LogP contribution in [0.3, 0.4) is 0 Å². The van der Waals surface area contributed by atoms with E-state index in [2.05, 4.69) is 23.0 Å². The highest BCUT2D eigenvalue weighted by Gasteiger charge is 2.20. The van der Waals surface area contributed by atoms with E-state index in [1.54, 1.807) is 18.3 Å². The van der Waals surface area contributed by atoms with Gasteiger partial charge in [-0.1, -0.05) is 0 Å². The number of carbonyl (C=O) groups excluding carboxylic acids is 1. The molecule has 1 aromatic heterocycles. The first kappa shape index (κ1) is 12.6. The van der Waals surface area contributed by atoms with Gasteiger partial charge in [-0.05, 0) is 41.7 Å².